The fourth-order valence-corrected chi connectivity index (χ4v) is 4.53. The van der Waals surface area contributed by atoms with Crippen molar-refractivity contribution in [2.24, 2.45) is 0 Å². The first kappa shape index (κ1) is 23.3. The molecule has 3 aromatic rings. The highest BCUT2D eigenvalue weighted by atomic mass is 32.2. The Morgan fingerprint density at radius 3 is 2.70 bits per heavy atom. The standard InChI is InChI=1S/C24H28N2O6S/c1-25(24(27)14-19-16-31-23-10-3-2-9-21(19)23)22(15-26-11-4-5-12-26)18-7-6-8-20(13-18)32-17-33(28,29)30/h2-3,6-10,13,16,22H,4-5,11-12,14-15,17H2,1H3,(H,28,29,30)/t22-/m1/s1. The topological polar surface area (TPSA) is 100 Å². The van der Waals surface area contributed by atoms with Crippen LogP contribution >= 0.6 is 0 Å². The summed E-state index contributed by atoms with van der Waals surface area (Å²) in [7, 11) is -2.47. The van der Waals surface area contributed by atoms with Crippen molar-refractivity contribution >= 4 is 27.0 Å². The largest absolute Gasteiger partial charge is 0.475 e. The Hall–Kier alpha value is -2.88. The monoisotopic (exact) mass is 472 g/mol. The van der Waals surface area contributed by atoms with Gasteiger partial charge in [-0.15, -0.1) is 0 Å². The minimum atomic E-state index is -4.25. The highest BCUT2D eigenvalue weighted by molar-refractivity contribution is 7.85. The smallest absolute Gasteiger partial charge is 0.300 e. The number of likely N-dealkylation sites (N-methyl/N-ethyl adjacent to an activating group) is 1. The predicted octanol–water partition coefficient (Wildman–Crippen LogP) is 3.49. The van der Waals surface area contributed by atoms with Crippen molar-refractivity contribution in [1.82, 2.24) is 9.80 Å². The lowest BCUT2D eigenvalue weighted by atomic mass is 10.0. The molecule has 0 bridgehead atoms. The summed E-state index contributed by atoms with van der Waals surface area (Å²) < 4.78 is 41.9. The molecule has 1 N–H and O–H groups in total. The molecule has 1 fully saturated rings. The Kier molecular flexibility index (Phi) is 7.02. The van der Waals surface area contributed by atoms with E-state index in [9.17, 15) is 13.2 Å². The van der Waals surface area contributed by atoms with Gasteiger partial charge >= 0.3 is 10.1 Å². The quantitative estimate of drug-likeness (QED) is 0.476. The van der Waals surface area contributed by atoms with Gasteiger partial charge < -0.3 is 19.0 Å². The van der Waals surface area contributed by atoms with Gasteiger partial charge in [0, 0.05) is 24.5 Å². The average Bonchev–Trinajstić information content (AvgIpc) is 3.45. The lowest BCUT2D eigenvalue weighted by Gasteiger charge is -2.32. The molecule has 9 heteroatoms. The molecule has 2 aromatic carbocycles. The molecule has 1 saturated heterocycles. The Labute approximate surface area is 193 Å². The summed E-state index contributed by atoms with van der Waals surface area (Å²) >= 11 is 0. The van der Waals surface area contributed by atoms with Crippen LogP contribution in [-0.2, 0) is 21.3 Å². The first-order chi connectivity index (χ1) is 15.8. The van der Waals surface area contributed by atoms with E-state index in [1.54, 1.807) is 36.4 Å². The van der Waals surface area contributed by atoms with Gasteiger partial charge in [0.1, 0.15) is 11.3 Å². The van der Waals surface area contributed by atoms with Crippen LogP contribution in [-0.4, -0.2) is 61.3 Å². The minimum absolute atomic E-state index is 0.0463. The third-order valence-electron chi connectivity index (χ3n) is 6.01. The van der Waals surface area contributed by atoms with Crippen LogP contribution in [0.1, 0.15) is 30.0 Å². The van der Waals surface area contributed by atoms with Gasteiger partial charge in [-0.1, -0.05) is 30.3 Å². The number of amides is 1. The normalized spacial score (nSPS) is 15.6. The van der Waals surface area contributed by atoms with Crippen molar-refractivity contribution in [2.45, 2.75) is 25.3 Å². The Bertz CT molecular complexity index is 1220. The van der Waals surface area contributed by atoms with Crippen molar-refractivity contribution in [3.8, 4) is 5.75 Å². The van der Waals surface area contributed by atoms with Crippen molar-refractivity contribution in [3.63, 3.8) is 0 Å². The molecule has 0 saturated carbocycles. The zero-order valence-corrected chi connectivity index (χ0v) is 19.3. The molecule has 1 aromatic heterocycles. The van der Waals surface area contributed by atoms with E-state index in [0.29, 0.717) is 12.3 Å². The van der Waals surface area contributed by atoms with Gasteiger partial charge in [-0.2, -0.15) is 8.42 Å². The molecule has 1 atom stereocenters. The molecule has 1 aliphatic heterocycles. The van der Waals surface area contributed by atoms with Crippen LogP contribution in [0, 0.1) is 0 Å². The van der Waals surface area contributed by atoms with Crippen molar-refractivity contribution in [2.75, 3.05) is 32.6 Å². The predicted molar refractivity (Wildman–Crippen MR) is 125 cm³/mol. The summed E-state index contributed by atoms with van der Waals surface area (Å²) in [6.07, 6.45) is 4.10. The number of hydrogen-bond donors (Lipinski definition) is 1. The Morgan fingerprint density at radius 1 is 1.18 bits per heavy atom. The molecule has 0 radical (unpaired) electrons. The molecule has 8 nitrogen and oxygen atoms in total. The van der Waals surface area contributed by atoms with Crippen LogP contribution < -0.4 is 4.74 Å². The number of hydrogen-bond acceptors (Lipinski definition) is 6. The van der Waals surface area contributed by atoms with Crippen LogP contribution in [0.25, 0.3) is 11.0 Å². The van der Waals surface area contributed by atoms with Gasteiger partial charge in [-0.3, -0.25) is 9.35 Å². The van der Waals surface area contributed by atoms with E-state index in [0.717, 1.165) is 48.0 Å². The fourth-order valence-electron chi connectivity index (χ4n) is 4.25. The second kappa shape index (κ2) is 9.94. The van der Waals surface area contributed by atoms with E-state index < -0.39 is 16.1 Å². The number of para-hydroxylation sites is 1. The Morgan fingerprint density at radius 2 is 1.94 bits per heavy atom. The van der Waals surface area contributed by atoms with Gasteiger partial charge in [0.15, 0.2) is 0 Å². The summed E-state index contributed by atoms with van der Waals surface area (Å²) in [5.74, 6) is -0.552. The zero-order chi connectivity index (χ0) is 23.4. The van der Waals surface area contributed by atoms with Crippen LogP contribution in [0.15, 0.2) is 59.2 Å². The van der Waals surface area contributed by atoms with E-state index in [2.05, 4.69) is 4.90 Å². The van der Waals surface area contributed by atoms with Crippen molar-refractivity contribution < 1.29 is 26.9 Å². The summed E-state index contributed by atoms with van der Waals surface area (Å²) in [5, 5.41) is 0.927. The van der Waals surface area contributed by atoms with E-state index in [1.807, 2.05) is 30.3 Å². The Balaban J connectivity index is 1.56. The maximum Gasteiger partial charge on any atom is 0.300 e. The van der Waals surface area contributed by atoms with Crippen molar-refractivity contribution in [1.29, 1.82) is 0 Å². The molecular formula is C24H28N2O6S. The molecule has 2 heterocycles. The molecule has 0 aliphatic carbocycles. The first-order valence-electron chi connectivity index (χ1n) is 10.9. The summed E-state index contributed by atoms with van der Waals surface area (Å²) in [6, 6.07) is 14.4. The molecule has 4 rings (SSSR count). The molecular weight excluding hydrogens is 444 g/mol. The number of fused-ring (bicyclic) bond motifs is 1. The molecule has 33 heavy (non-hydrogen) atoms. The summed E-state index contributed by atoms with van der Waals surface area (Å²) in [4.78, 5) is 17.4. The first-order valence-corrected chi connectivity index (χ1v) is 12.5. The second-order valence-electron chi connectivity index (χ2n) is 8.38. The second-order valence-corrected chi connectivity index (χ2v) is 9.78. The van der Waals surface area contributed by atoms with Gasteiger partial charge in [0.25, 0.3) is 0 Å². The van der Waals surface area contributed by atoms with Crippen LogP contribution in [0.2, 0.25) is 0 Å². The number of furan rings is 1. The number of nitrogens with zero attached hydrogens (tertiary/aromatic N) is 2. The van der Waals surface area contributed by atoms with Gasteiger partial charge in [0.05, 0.1) is 18.7 Å². The van der Waals surface area contributed by atoms with Crippen molar-refractivity contribution in [3.05, 3.63) is 65.9 Å². The fraction of sp³-hybridized carbons (Fsp3) is 0.375. The summed E-state index contributed by atoms with van der Waals surface area (Å²) in [5.41, 5.74) is 2.43. The van der Waals surface area contributed by atoms with Gasteiger partial charge in [-0.05, 0) is 49.7 Å². The number of likely N-dealkylation sites (tertiary alicyclic amines) is 1. The van der Waals surface area contributed by atoms with Crippen LogP contribution in [0.5, 0.6) is 5.75 Å². The van der Waals surface area contributed by atoms with E-state index in [4.69, 9.17) is 13.7 Å². The molecule has 0 spiro atoms. The lowest BCUT2D eigenvalue weighted by molar-refractivity contribution is -0.131. The number of benzene rings is 2. The highest BCUT2D eigenvalue weighted by Crippen LogP contribution is 2.28. The molecule has 0 unspecified atom stereocenters. The minimum Gasteiger partial charge on any atom is -0.475 e. The average molecular weight is 473 g/mol. The van der Waals surface area contributed by atoms with E-state index in [1.165, 1.54) is 0 Å². The number of ether oxygens (including phenoxy) is 1. The lowest BCUT2D eigenvalue weighted by Crippen LogP contribution is -2.39. The number of carbonyl (C=O) groups is 1. The van der Waals surface area contributed by atoms with Gasteiger partial charge in [0.2, 0.25) is 11.8 Å². The number of carbonyl (C=O) groups excluding carboxylic acids is 1. The van der Waals surface area contributed by atoms with Crippen LogP contribution in [0.4, 0.5) is 0 Å². The number of rotatable bonds is 9. The third kappa shape index (κ3) is 5.93. The van der Waals surface area contributed by atoms with E-state index >= 15 is 0 Å². The maximum atomic E-state index is 13.3. The van der Waals surface area contributed by atoms with Gasteiger partial charge in [-0.25, -0.2) is 0 Å². The SMILES string of the molecule is CN(C(=O)Cc1coc2ccccc12)[C@H](CN1CCCC1)c1cccc(OCS(=O)(=O)O)c1. The maximum absolute atomic E-state index is 13.3. The molecule has 1 amide bonds. The highest BCUT2D eigenvalue weighted by Gasteiger charge is 2.27. The van der Waals surface area contributed by atoms with Crippen LogP contribution in [0.3, 0.4) is 0 Å². The third-order valence-corrected chi connectivity index (χ3v) is 6.43. The zero-order valence-electron chi connectivity index (χ0n) is 18.5. The molecule has 1 aliphatic rings. The van der Waals surface area contributed by atoms with E-state index in [-0.39, 0.29) is 18.4 Å². The summed E-state index contributed by atoms with van der Waals surface area (Å²) in [6.45, 7) is 2.61. The molecule has 176 valence electrons.